The van der Waals surface area contributed by atoms with Crippen LogP contribution in [0.3, 0.4) is 0 Å². The summed E-state index contributed by atoms with van der Waals surface area (Å²) in [5.74, 6) is 0. The van der Waals surface area contributed by atoms with Crippen LogP contribution in [0.4, 0.5) is 0 Å². The van der Waals surface area contributed by atoms with Gasteiger partial charge in [0.2, 0.25) is 0 Å². The molecule has 0 saturated heterocycles. The fourth-order valence-corrected chi connectivity index (χ4v) is 0.670. The zero-order valence-corrected chi connectivity index (χ0v) is 6.94. The third-order valence-corrected chi connectivity index (χ3v) is 1.38. The second-order valence-corrected chi connectivity index (χ2v) is 2.42. The monoisotopic (exact) mass is 137 g/mol. The average molecular weight is 137 g/mol. The van der Waals surface area contributed by atoms with Crippen LogP contribution in [0.1, 0.15) is 27.2 Å². The Morgan fingerprint density at radius 1 is 1.40 bits per heavy atom. The first-order valence-electron chi connectivity index (χ1n) is 3.55. The summed E-state index contributed by atoms with van der Waals surface area (Å²) in [4.78, 5) is 0. The van der Waals surface area contributed by atoms with E-state index in [4.69, 9.17) is 5.41 Å². The van der Waals surface area contributed by atoms with Gasteiger partial charge in [-0.25, -0.2) is 0 Å². The number of nitrogens with one attached hydrogen (secondary N) is 1. The van der Waals surface area contributed by atoms with Crippen LogP contribution in [0.2, 0.25) is 0 Å². The van der Waals surface area contributed by atoms with Crippen molar-refractivity contribution in [3.8, 4) is 0 Å². The third kappa shape index (κ3) is 4.07. The summed E-state index contributed by atoms with van der Waals surface area (Å²) in [6, 6.07) is 0. The highest BCUT2D eigenvalue weighted by atomic mass is 14.3. The van der Waals surface area contributed by atoms with Crippen LogP contribution in [0.25, 0.3) is 0 Å². The fourth-order valence-electron chi connectivity index (χ4n) is 0.670. The molecule has 0 aromatic rings. The highest BCUT2D eigenvalue weighted by molar-refractivity contribution is 5.69. The minimum absolute atomic E-state index is 1.09. The molecule has 0 bridgehead atoms. The minimum atomic E-state index is 1.09. The van der Waals surface area contributed by atoms with Crippen LogP contribution in [0, 0.1) is 5.41 Å². The van der Waals surface area contributed by atoms with Gasteiger partial charge in [-0.15, -0.1) is 0 Å². The van der Waals surface area contributed by atoms with Crippen molar-refractivity contribution < 1.29 is 0 Å². The summed E-state index contributed by atoms with van der Waals surface area (Å²) >= 11 is 0. The zero-order valence-electron chi connectivity index (χ0n) is 6.94. The molecular weight excluding hydrogens is 122 g/mol. The molecule has 0 atom stereocenters. The van der Waals surface area contributed by atoms with E-state index in [1.165, 1.54) is 11.8 Å². The standard InChI is InChI=1S/C9H15N/c1-4-8(2)7-9(3)5-6-10/h5-7,10H,4H2,1-3H3/b8-7-,9-5-,10-6?. The second kappa shape index (κ2) is 4.98. The van der Waals surface area contributed by atoms with Crippen LogP contribution < -0.4 is 0 Å². The average Bonchev–Trinajstić information content (AvgIpc) is 1.88. The van der Waals surface area contributed by atoms with Gasteiger partial charge >= 0.3 is 0 Å². The SMILES string of the molecule is CC/C(C)=C\C(C)=C/C=N. The van der Waals surface area contributed by atoms with E-state index >= 15 is 0 Å². The summed E-state index contributed by atoms with van der Waals surface area (Å²) in [7, 11) is 0. The van der Waals surface area contributed by atoms with E-state index in [0.29, 0.717) is 0 Å². The molecule has 56 valence electrons. The lowest BCUT2D eigenvalue weighted by atomic mass is 10.1. The van der Waals surface area contributed by atoms with E-state index in [1.54, 1.807) is 6.08 Å². The van der Waals surface area contributed by atoms with Crippen LogP contribution in [0.5, 0.6) is 0 Å². The Balaban J connectivity index is 4.11. The van der Waals surface area contributed by atoms with Gasteiger partial charge in [0.05, 0.1) is 0 Å². The zero-order chi connectivity index (χ0) is 7.98. The smallest absolute Gasteiger partial charge is 0.0180 e. The summed E-state index contributed by atoms with van der Waals surface area (Å²) in [6.07, 6.45) is 6.29. The van der Waals surface area contributed by atoms with Crippen molar-refractivity contribution in [3.05, 3.63) is 23.3 Å². The molecule has 0 radical (unpaired) electrons. The van der Waals surface area contributed by atoms with E-state index < -0.39 is 0 Å². The molecule has 0 aliphatic carbocycles. The Kier molecular flexibility index (Phi) is 4.55. The maximum atomic E-state index is 6.80. The van der Waals surface area contributed by atoms with E-state index in [9.17, 15) is 0 Å². The molecule has 1 N–H and O–H groups in total. The van der Waals surface area contributed by atoms with Crippen LogP contribution in [-0.4, -0.2) is 6.21 Å². The van der Waals surface area contributed by atoms with E-state index in [2.05, 4.69) is 19.9 Å². The maximum Gasteiger partial charge on any atom is 0.0180 e. The van der Waals surface area contributed by atoms with Crippen LogP contribution >= 0.6 is 0 Å². The highest BCUT2D eigenvalue weighted by Crippen LogP contribution is 2.03. The van der Waals surface area contributed by atoms with Gasteiger partial charge in [-0.1, -0.05) is 18.6 Å². The Morgan fingerprint density at radius 2 is 2.00 bits per heavy atom. The number of allylic oxidation sites excluding steroid dienone is 4. The van der Waals surface area contributed by atoms with E-state index in [0.717, 1.165) is 12.0 Å². The molecular formula is C9H15N. The molecule has 0 rings (SSSR count). The van der Waals surface area contributed by atoms with Crippen molar-refractivity contribution in [3.63, 3.8) is 0 Å². The van der Waals surface area contributed by atoms with Crippen LogP contribution in [-0.2, 0) is 0 Å². The molecule has 0 heterocycles. The van der Waals surface area contributed by atoms with E-state index in [1.807, 2.05) is 6.92 Å². The lowest BCUT2D eigenvalue weighted by molar-refractivity contribution is 1.09. The van der Waals surface area contributed by atoms with Crippen molar-refractivity contribution in [1.82, 2.24) is 0 Å². The first-order chi connectivity index (χ1) is 4.70. The quantitative estimate of drug-likeness (QED) is 0.457. The molecule has 10 heavy (non-hydrogen) atoms. The second-order valence-electron chi connectivity index (χ2n) is 2.42. The Bertz CT molecular complexity index is 164. The lowest BCUT2D eigenvalue weighted by Gasteiger charge is -1.93. The number of rotatable bonds is 3. The topological polar surface area (TPSA) is 23.9 Å². The minimum Gasteiger partial charge on any atom is -0.309 e. The van der Waals surface area contributed by atoms with Crippen molar-refractivity contribution in [2.45, 2.75) is 27.2 Å². The Labute approximate surface area is 63.0 Å². The highest BCUT2D eigenvalue weighted by Gasteiger charge is 1.83. The molecule has 1 nitrogen and oxygen atoms in total. The largest absolute Gasteiger partial charge is 0.309 e. The van der Waals surface area contributed by atoms with Gasteiger partial charge in [-0.05, 0) is 31.9 Å². The lowest BCUT2D eigenvalue weighted by Crippen LogP contribution is -1.74. The molecule has 0 aromatic heterocycles. The predicted molar refractivity (Wildman–Crippen MR) is 46.6 cm³/mol. The van der Waals surface area contributed by atoms with Gasteiger partial charge in [-0.3, -0.25) is 0 Å². The molecule has 0 saturated carbocycles. The Hall–Kier alpha value is -0.850. The van der Waals surface area contributed by atoms with Gasteiger partial charge in [0, 0.05) is 6.21 Å². The van der Waals surface area contributed by atoms with Gasteiger partial charge in [-0.2, -0.15) is 0 Å². The molecule has 0 fully saturated rings. The molecule has 0 spiro atoms. The van der Waals surface area contributed by atoms with Crippen molar-refractivity contribution in [2.24, 2.45) is 0 Å². The van der Waals surface area contributed by atoms with Gasteiger partial charge in [0.15, 0.2) is 0 Å². The summed E-state index contributed by atoms with van der Waals surface area (Å²) < 4.78 is 0. The normalized spacial score (nSPS) is 13.5. The summed E-state index contributed by atoms with van der Waals surface area (Å²) in [6.45, 7) is 6.23. The molecule has 0 aliphatic heterocycles. The van der Waals surface area contributed by atoms with Gasteiger partial charge in [0.1, 0.15) is 0 Å². The van der Waals surface area contributed by atoms with Crippen molar-refractivity contribution >= 4 is 6.21 Å². The first-order valence-corrected chi connectivity index (χ1v) is 3.55. The fraction of sp³-hybridized carbons (Fsp3) is 0.444. The molecule has 0 aromatic carbocycles. The third-order valence-electron chi connectivity index (χ3n) is 1.38. The number of hydrogen-bond acceptors (Lipinski definition) is 1. The predicted octanol–water partition coefficient (Wildman–Crippen LogP) is 2.94. The molecule has 0 aliphatic rings. The summed E-state index contributed by atoms with van der Waals surface area (Å²) in [5, 5.41) is 6.80. The Morgan fingerprint density at radius 3 is 2.40 bits per heavy atom. The van der Waals surface area contributed by atoms with Crippen molar-refractivity contribution in [2.75, 3.05) is 0 Å². The first kappa shape index (κ1) is 9.15. The maximum absolute atomic E-state index is 6.80. The van der Waals surface area contributed by atoms with Gasteiger partial charge < -0.3 is 5.41 Å². The molecule has 0 unspecified atom stereocenters. The number of hydrogen-bond donors (Lipinski definition) is 1. The van der Waals surface area contributed by atoms with Crippen LogP contribution in [0.15, 0.2) is 23.3 Å². The van der Waals surface area contributed by atoms with Gasteiger partial charge in [0.25, 0.3) is 0 Å². The van der Waals surface area contributed by atoms with Crippen molar-refractivity contribution in [1.29, 1.82) is 5.41 Å². The summed E-state index contributed by atoms with van der Waals surface area (Å²) in [5.41, 5.74) is 2.50. The van der Waals surface area contributed by atoms with E-state index in [-0.39, 0.29) is 0 Å². The molecule has 0 amide bonds. The molecule has 1 heteroatoms.